The Balaban J connectivity index is 2.74. The summed E-state index contributed by atoms with van der Waals surface area (Å²) in [5.74, 6) is -0.397. The molecule has 0 saturated carbocycles. The van der Waals surface area contributed by atoms with E-state index >= 15 is 0 Å². The van der Waals surface area contributed by atoms with Crippen molar-refractivity contribution in [3.05, 3.63) is 41.8 Å². The van der Waals surface area contributed by atoms with Crippen molar-refractivity contribution in [2.75, 3.05) is 6.54 Å². The van der Waals surface area contributed by atoms with Gasteiger partial charge in [-0.15, -0.1) is 0 Å². The summed E-state index contributed by atoms with van der Waals surface area (Å²) in [6, 6.07) is 7.99. The van der Waals surface area contributed by atoms with E-state index in [4.69, 9.17) is 0 Å². The predicted octanol–water partition coefficient (Wildman–Crippen LogP) is 1.50. The molecule has 5 heteroatoms. The minimum absolute atomic E-state index is 0.180. The highest BCUT2D eigenvalue weighted by atomic mass is 32.2. The Kier molecular flexibility index (Phi) is 4.90. The molecule has 0 aliphatic carbocycles. The van der Waals surface area contributed by atoms with Crippen LogP contribution in [0.5, 0.6) is 0 Å². The van der Waals surface area contributed by atoms with Crippen LogP contribution in [0.25, 0.3) is 0 Å². The Hall–Kier alpha value is -1.62. The molecule has 1 aromatic carbocycles. The Morgan fingerprint density at radius 3 is 2.53 bits per heavy atom. The summed E-state index contributed by atoms with van der Waals surface area (Å²) < 4.78 is 23.5. The van der Waals surface area contributed by atoms with Crippen LogP contribution < -0.4 is 5.32 Å². The van der Waals surface area contributed by atoms with Crippen molar-refractivity contribution >= 4 is 15.7 Å². The molecule has 1 rings (SSSR count). The van der Waals surface area contributed by atoms with E-state index in [0.717, 1.165) is 17.9 Å². The summed E-state index contributed by atoms with van der Waals surface area (Å²) in [7, 11) is -3.52. The molecule has 0 spiro atoms. The highest BCUT2D eigenvalue weighted by Gasteiger charge is 2.09. The molecule has 0 fully saturated rings. The van der Waals surface area contributed by atoms with Gasteiger partial charge in [0.1, 0.15) is 0 Å². The van der Waals surface area contributed by atoms with Gasteiger partial charge in [-0.3, -0.25) is 4.79 Å². The predicted molar refractivity (Wildman–Crippen MR) is 66.1 cm³/mol. The summed E-state index contributed by atoms with van der Waals surface area (Å²) in [6.45, 7) is 2.46. The van der Waals surface area contributed by atoms with E-state index in [1.807, 2.05) is 6.92 Å². The van der Waals surface area contributed by atoms with E-state index in [1.54, 1.807) is 18.2 Å². The van der Waals surface area contributed by atoms with Crippen LogP contribution in [0.2, 0.25) is 0 Å². The molecular formula is C12H15NO3S. The maximum Gasteiger partial charge on any atom is 0.244 e. The van der Waals surface area contributed by atoms with Crippen LogP contribution >= 0.6 is 0 Å². The van der Waals surface area contributed by atoms with Gasteiger partial charge in [-0.1, -0.05) is 25.1 Å². The second-order valence-corrected chi connectivity index (χ2v) is 5.29. The zero-order valence-corrected chi connectivity index (χ0v) is 10.4. The molecule has 0 aromatic heterocycles. The lowest BCUT2D eigenvalue weighted by molar-refractivity contribution is -0.116. The zero-order chi connectivity index (χ0) is 12.7. The van der Waals surface area contributed by atoms with E-state index in [9.17, 15) is 13.2 Å². The molecule has 0 aliphatic heterocycles. The van der Waals surface area contributed by atoms with Crippen LogP contribution in [0, 0.1) is 0 Å². The quantitative estimate of drug-likeness (QED) is 0.809. The van der Waals surface area contributed by atoms with E-state index in [-0.39, 0.29) is 4.90 Å². The van der Waals surface area contributed by atoms with Crippen LogP contribution in [-0.2, 0) is 14.6 Å². The van der Waals surface area contributed by atoms with Gasteiger partial charge >= 0.3 is 0 Å². The summed E-state index contributed by atoms with van der Waals surface area (Å²) in [5, 5.41) is 3.49. The van der Waals surface area contributed by atoms with E-state index in [1.165, 1.54) is 12.1 Å². The van der Waals surface area contributed by atoms with Crippen LogP contribution in [0.15, 0.2) is 46.7 Å². The number of nitrogens with one attached hydrogen (secondary N) is 1. The molecule has 0 atom stereocenters. The number of hydrogen-bond acceptors (Lipinski definition) is 3. The Labute approximate surface area is 101 Å². The molecule has 1 aromatic rings. The second-order valence-electron chi connectivity index (χ2n) is 3.45. The number of sulfone groups is 1. The fourth-order valence-corrected chi connectivity index (χ4v) is 2.14. The van der Waals surface area contributed by atoms with Crippen LogP contribution in [0.4, 0.5) is 0 Å². The molecule has 0 saturated heterocycles. The SMILES string of the molecule is CCCNC(=O)C=CS(=O)(=O)c1ccccc1. The molecule has 4 nitrogen and oxygen atoms in total. The van der Waals surface area contributed by atoms with Crippen molar-refractivity contribution in [1.82, 2.24) is 5.32 Å². The smallest absolute Gasteiger partial charge is 0.244 e. The van der Waals surface area contributed by atoms with E-state index in [0.29, 0.717) is 6.54 Å². The van der Waals surface area contributed by atoms with Crippen LogP contribution in [0.1, 0.15) is 13.3 Å². The second kappa shape index (κ2) is 6.20. The number of benzene rings is 1. The van der Waals surface area contributed by atoms with Crippen LogP contribution in [0.3, 0.4) is 0 Å². The van der Waals surface area contributed by atoms with Crippen molar-refractivity contribution in [3.8, 4) is 0 Å². The summed E-state index contributed by atoms with van der Waals surface area (Å²) in [4.78, 5) is 11.4. The molecule has 0 aliphatic rings. The normalized spacial score (nSPS) is 11.6. The molecule has 92 valence electrons. The van der Waals surface area contributed by atoms with Gasteiger partial charge in [0.15, 0.2) is 9.84 Å². The summed E-state index contributed by atoms with van der Waals surface area (Å²) in [6.07, 6.45) is 1.85. The number of rotatable bonds is 5. The van der Waals surface area contributed by atoms with Gasteiger partial charge in [-0.05, 0) is 18.6 Å². The van der Waals surface area contributed by atoms with Gasteiger partial charge in [0.2, 0.25) is 5.91 Å². The number of carbonyl (C=O) groups excluding carboxylic acids is 1. The third-order valence-corrected chi connectivity index (χ3v) is 3.44. The molecule has 1 N–H and O–H groups in total. The maximum atomic E-state index is 11.7. The Morgan fingerprint density at radius 2 is 1.94 bits per heavy atom. The molecule has 17 heavy (non-hydrogen) atoms. The fraction of sp³-hybridized carbons (Fsp3) is 0.250. The van der Waals surface area contributed by atoms with Gasteiger partial charge in [0.25, 0.3) is 0 Å². The number of hydrogen-bond donors (Lipinski definition) is 1. The van der Waals surface area contributed by atoms with Gasteiger partial charge < -0.3 is 5.32 Å². The van der Waals surface area contributed by atoms with Crippen molar-refractivity contribution in [2.45, 2.75) is 18.2 Å². The third kappa shape index (κ3) is 4.40. The minimum Gasteiger partial charge on any atom is -0.353 e. The molecular weight excluding hydrogens is 238 g/mol. The van der Waals surface area contributed by atoms with Crippen molar-refractivity contribution < 1.29 is 13.2 Å². The maximum absolute atomic E-state index is 11.7. The lowest BCUT2D eigenvalue weighted by atomic mass is 10.4. The van der Waals surface area contributed by atoms with E-state index in [2.05, 4.69) is 5.32 Å². The first kappa shape index (κ1) is 13.4. The topological polar surface area (TPSA) is 63.2 Å². The highest BCUT2D eigenvalue weighted by Crippen LogP contribution is 2.10. The van der Waals surface area contributed by atoms with Gasteiger partial charge in [-0.25, -0.2) is 8.42 Å². The standard InChI is InChI=1S/C12H15NO3S/c1-2-9-13-12(14)8-10-17(15,16)11-6-4-3-5-7-11/h3-8,10H,2,9H2,1H3,(H,13,14). The first-order chi connectivity index (χ1) is 8.06. The zero-order valence-electron chi connectivity index (χ0n) is 9.59. The fourth-order valence-electron chi connectivity index (χ4n) is 1.15. The van der Waals surface area contributed by atoms with Gasteiger partial charge in [0.05, 0.1) is 4.90 Å². The van der Waals surface area contributed by atoms with Gasteiger partial charge in [-0.2, -0.15) is 0 Å². The average molecular weight is 253 g/mol. The van der Waals surface area contributed by atoms with Crippen molar-refractivity contribution in [1.29, 1.82) is 0 Å². The highest BCUT2D eigenvalue weighted by molar-refractivity contribution is 7.94. The van der Waals surface area contributed by atoms with Crippen molar-refractivity contribution in [2.24, 2.45) is 0 Å². The average Bonchev–Trinajstić information content (AvgIpc) is 2.35. The molecule has 0 unspecified atom stereocenters. The minimum atomic E-state index is -3.52. The monoisotopic (exact) mass is 253 g/mol. The van der Waals surface area contributed by atoms with Crippen molar-refractivity contribution in [3.63, 3.8) is 0 Å². The number of amides is 1. The lowest BCUT2D eigenvalue weighted by Crippen LogP contribution is -2.21. The summed E-state index contributed by atoms with van der Waals surface area (Å²) >= 11 is 0. The van der Waals surface area contributed by atoms with Crippen LogP contribution in [-0.4, -0.2) is 20.9 Å². The largest absolute Gasteiger partial charge is 0.353 e. The Bertz CT molecular complexity index is 492. The first-order valence-corrected chi connectivity index (χ1v) is 6.87. The Morgan fingerprint density at radius 1 is 1.29 bits per heavy atom. The lowest BCUT2D eigenvalue weighted by Gasteiger charge is -1.99. The summed E-state index contributed by atoms with van der Waals surface area (Å²) in [5.41, 5.74) is 0. The molecule has 1 amide bonds. The first-order valence-electron chi connectivity index (χ1n) is 5.32. The molecule has 0 radical (unpaired) electrons. The third-order valence-electron chi connectivity index (χ3n) is 2.02. The molecule has 0 bridgehead atoms. The number of carbonyl (C=O) groups is 1. The van der Waals surface area contributed by atoms with Gasteiger partial charge in [0, 0.05) is 18.0 Å². The molecule has 0 heterocycles. The van der Waals surface area contributed by atoms with E-state index < -0.39 is 15.7 Å².